The first-order valence-electron chi connectivity index (χ1n) is 8.00. The van der Waals surface area contributed by atoms with Crippen molar-refractivity contribution in [3.05, 3.63) is 46.6 Å². The van der Waals surface area contributed by atoms with E-state index in [1.807, 2.05) is 24.3 Å². The number of benzene rings is 1. The molecule has 0 saturated heterocycles. The fourth-order valence-corrected chi connectivity index (χ4v) is 3.27. The van der Waals surface area contributed by atoms with Gasteiger partial charge in [-0.2, -0.15) is 31.6 Å². The molecule has 4 rings (SSSR count). The third-order valence-corrected chi connectivity index (χ3v) is 4.40. The second-order valence-electron chi connectivity index (χ2n) is 5.74. The van der Waals surface area contributed by atoms with Crippen LogP contribution in [-0.2, 0) is 0 Å². The minimum atomic E-state index is -0.0956. The van der Waals surface area contributed by atoms with Gasteiger partial charge in [-0.1, -0.05) is 4.80 Å². The van der Waals surface area contributed by atoms with Crippen LogP contribution in [-0.4, -0.2) is 29.2 Å². The van der Waals surface area contributed by atoms with Crippen LogP contribution in [0.2, 0.25) is 0 Å². The van der Waals surface area contributed by atoms with Crippen molar-refractivity contribution >= 4 is 16.3 Å². The fourth-order valence-electron chi connectivity index (χ4n) is 3.27. The minimum Gasteiger partial charge on any atom is -0.218 e. The second kappa shape index (κ2) is 6.41. The first-order chi connectivity index (χ1) is 14.6. The van der Waals surface area contributed by atoms with Gasteiger partial charge in [-0.25, -0.2) is 4.52 Å². The Bertz CT molecular complexity index is 1530. The van der Waals surface area contributed by atoms with E-state index in [4.69, 9.17) is 0 Å². The smallest absolute Gasteiger partial charge is 0.218 e. The van der Waals surface area contributed by atoms with E-state index in [9.17, 15) is 31.6 Å². The lowest BCUT2D eigenvalue weighted by Crippen LogP contribution is -2.30. The lowest BCUT2D eigenvalue weighted by molar-refractivity contribution is 0.436. The van der Waals surface area contributed by atoms with Crippen molar-refractivity contribution in [2.24, 2.45) is 0 Å². The fraction of sp³-hybridized carbons (Fsp3) is 0. The molecule has 0 saturated carbocycles. The highest BCUT2D eigenvalue weighted by Crippen LogP contribution is 2.34. The van der Waals surface area contributed by atoms with Gasteiger partial charge in [0.05, 0.1) is 39.7 Å². The first-order valence-corrected chi connectivity index (χ1v) is 8.00. The molecule has 0 N–H and O–H groups in total. The Kier molecular flexibility index (Phi) is 3.76. The molecule has 0 atom stereocenters. The normalized spacial score (nSPS) is 9.80. The first kappa shape index (κ1) is 17.6. The van der Waals surface area contributed by atoms with Crippen LogP contribution in [0.25, 0.3) is 22.1 Å². The van der Waals surface area contributed by atoms with Gasteiger partial charge in [0, 0.05) is 5.39 Å². The summed E-state index contributed by atoms with van der Waals surface area (Å²) in [5.41, 5.74) is 0.315. The molecular formula is C18H4N12. The van der Waals surface area contributed by atoms with Crippen LogP contribution < -0.4 is 0 Å². The maximum Gasteiger partial charge on any atom is 0.226 e. The molecule has 1 aromatic heterocycles. The summed E-state index contributed by atoms with van der Waals surface area (Å²) in [6.45, 7) is 0. The molecule has 30 heavy (non-hydrogen) atoms. The molecule has 12 nitrogen and oxygen atoms in total. The van der Waals surface area contributed by atoms with Crippen LogP contribution >= 0.6 is 0 Å². The molecule has 136 valence electrons. The van der Waals surface area contributed by atoms with Gasteiger partial charge in [-0.3, -0.25) is 0 Å². The van der Waals surface area contributed by atoms with Gasteiger partial charge in [-0.05, 0) is 34.7 Å². The van der Waals surface area contributed by atoms with E-state index < -0.39 is 0 Å². The van der Waals surface area contributed by atoms with E-state index in [-0.39, 0.29) is 44.5 Å². The molecule has 2 aromatic rings. The highest BCUT2D eigenvalue weighted by atomic mass is 15.8. The predicted octanol–water partition coefficient (Wildman–Crippen LogP) is 0.983. The van der Waals surface area contributed by atoms with E-state index in [2.05, 4.69) is 10.4 Å². The molecule has 12 heteroatoms. The Morgan fingerprint density at radius 3 is 1.87 bits per heavy atom. The maximum atomic E-state index is 9.69. The van der Waals surface area contributed by atoms with Crippen molar-refractivity contribution in [3.8, 4) is 42.5 Å². The third kappa shape index (κ3) is 2.08. The van der Waals surface area contributed by atoms with Gasteiger partial charge in [0.15, 0.2) is 5.82 Å². The zero-order chi connectivity index (χ0) is 21.4. The maximum absolute atomic E-state index is 9.69. The largest absolute Gasteiger partial charge is 0.226 e. The molecule has 0 fully saturated rings. The summed E-state index contributed by atoms with van der Waals surface area (Å²) in [5.74, 6) is -0.0956. The van der Waals surface area contributed by atoms with Crippen LogP contribution in [0.15, 0.2) is 24.3 Å². The highest BCUT2D eigenvalue weighted by molar-refractivity contribution is 6.07. The van der Waals surface area contributed by atoms with Crippen molar-refractivity contribution in [2.75, 3.05) is 0 Å². The Balaban J connectivity index is 2.64. The number of nitriles is 6. The van der Waals surface area contributed by atoms with Crippen molar-refractivity contribution < 1.29 is 0 Å². The lowest BCUT2D eigenvalue weighted by atomic mass is 9.98. The quantitative estimate of drug-likeness (QED) is 0.398. The highest BCUT2D eigenvalue weighted by Gasteiger charge is 2.26. The molecule has 0 spiro atoms. The molecule has 2 aliphatic heterocycles. The van der Waals surface area contributed by atoms with E-state index in [0.29, 0.717) is 4.80 Å². The molecule has 3 heterocycles. The van der Waals surface area contributed by atoms with Crippen LogP contribution in [0.4, 0.5) is 0 Å². The van der Waals surface area contributed by atoms with Crippen molar-refractivity contribution in [3.63, 3.8) is 0 Å². The summed E-state index contributed by atoms with van der Waals surface area (Å²) in [7, 11) is 0. The van der Waals surface area contributed by atoms with E-state index in [0.717, 1.165) is 9.48 Å². The van der Waals surface area contributed by atoms with Crippen LogP contribution in [0.1, 0.15) is 22.4 Å². The number of rotatable bonds is 0. The molecule has 0 bridgehead atoms. The topological polar surface area (TPSA) is 188 Å². The Labute approximate surface area is 166 Å². The monoisotopic (exact) mass is 388 g/mol. The summed E-state index contributed by atoms with van der Waals surface area (Å²) >= 11 is 0. The predicted molar refractivity (Wildman–Crippen MR) is 95.5 cm³/mol. The third-order valence-electron chi connectivity index (χ3n) is 4.40. The average molecular weight is 388 g/mol. The van der Waals surface area contributed by atoms with Crippen molar-refractivity contribution in [2.45, 2.75) is 0 Å². The molecule has 0 radical (unpaired) electrons. The number of hydrogen-bond donors (Lipinski definition) is 0. The van der Waals surface area contributed by atoms with Gasteiger partial charge in [0.2, 0.25) is 12.4 Å². The second-order valence-corrected chi connectivity index (χ2v) is 5.74. The van der Waals surface area contributed by atoms with E-state index >= 15 is 0 Å². The SMILES string of the molecule is N#Cc1ccc(C#N)c2c1c1n(C#N)nnn(C#N)n-1n1c(C#N)ccc(C#N)c21. The summed E-state index contributed by atoms with van der Waals surface area (Å²) < 4.78 is 1.94. The molecule has 0 aliphatic carbocycles. The molecule has 1 aromatic carbocycles. The summed E-state index contributed by atoms with van der Waals surface area (Å²) in [5, 5.41) is 65.4. The number of aromatic nitrogens is 6. The Morgan fingerprint density at radius 1 is 0.667 bits per heavy atom. The number of fused-ring (bicyclic) bond motifs is 6. The molecule has 0 unspecified atom stereocenters. The van der Waals surface area contributed by atoms with Crippen molar-refractivity contribution in [1.29, 1.82) is 31.6 Å². The van der Waals surface area contributed by atoms with Crippen LogP contribution in [0.5, 0.6) is 0 Å². The standard InChI is InChI=1S/C18H4N12/c19-5-11-1-2-12(6-20)16-15(11)17-13(7-21)3-4-14(8-22)29(17)30-18(16)27(9-23)25-26-28(30)10-24/h1-4H. The Morgan fingerprint density at radius 2 is 1.30 bits per heavy atom. The van der Waals surface area contributed by atoms with Crippen molar-refractivity contribution in [1.82, 2.24) is 29.2 Å². The average Bonchev–Trinajstić information content (AvgIpc) is 2.81. The number of nitrogens with zero attached hydrogens (tertiary/aromatic N) is 12. The van der Waals surface area contributed by atoms with Crippen LogP contribution in [0.3, 0.4) is 0 Å². The number of hydrogen-bond acceptors (Lipinski definition) is 8. The van der Waals surface area contributed by atoms with Gasteiger partial charge >= 0.3 is 0 Å². The number of pyridine rings is 1. The van der Waals surface area contributed by atoms with E-state index in [1.165, 1.54) is 28.8 Å². The zero-order valence-corrected chi connectivity index (χ0v) is 14.7. The summed E-state index contributed by atoms with van der Waals surface area (Å²) in [6.07, 6.45) is 3.53. The Hall–Kier alpha value is -5.82. The van der Waals surface area contributed by atoms with E-state index in [1.54, 1.807) is 12.4 Å². The summed E-state index contributed by atoms with van der Waals surface area (Å²) in [6, 6.07) is 13.5. The van der Waals surface area contributed by atoms with Gasteiger partial charge in [-0.15, -0.1) is 9.48 Å². The van der Waals surface area contributed by atoms with Gasteiger partial charge < -0.3 is 0 Å². The molecule has 0 amide bonds. The molecule has 2 aliphatic rings. The lowest BCUT2D eigenvalue weighted by Gasteiger charge is -2.22. The minimum absolute atomic E-state index is 0.0198. The molecular weight excluding hydrogens is 384 g/mol. The van der Waals surface area contributed by atoms with Gasteiger partial charge in [0.25, 0.3) is 0 Å². The summed E-state index contributed by atoms with van der Waals surface area (Å²) in [4.78, 5) is 1.74. The zero-order valence-electron chi connectivity index (χ0n) is 14.7. The van der Waals surface area contributed by atoms with Crippen LogP contribution in [0, 0.1) is 68.2 Å². The van der Waals surface area contributed by atoms with Gasteiger partial charge in [0.1, 0.15) is 17.8 Å².